The third kappa shape index (κ3) is 3.68. The first-order valence-electron chi connectivity index (χ1n) is 7.40. The molecule has 1 aliphatic rings. The molecule has 1 aromatic heterocycles. The van der Waals surface area contributed by atoms with Gasteiger partial charge in [-0.05, 0) is 41.8 Å². The minimum atomic E-state index is -4.97. The molecule has 24 heavy (non-hydrogen) atoms. The van der Waals surface area contributed by atoms with Crippen molar-refractivity contribution in [2.24, 2.45) is 0 Å². The summed E-state index contributed by atoms with van der Waals surface area (Å²) in [7, 11) is 0. The molecule has 0 saturated heterocycles. The number of halogens is 3. The highest BCUT2D eigenvalue weighted by molar-refractivity contribution is 5.75. The number of hydroxylamine groups is 2. The number of carbonyl (C=O) groups excluding carboxylic acids is 1. The first kappa shape index (κ1) is 16.3. The summed E-state index contributed by atoms with van der Waals surface area (Å²) in [6.07, 6.45) is 1.20. The van der Waals surface area contributed by atoms with Gasteiger partial charge in [0.2, 0.25) is 0 Å². The third-order valence-corrected chi connectivity index (χ3v) is 3.76. The second kappa shape index (κ2) is 6.52. The summed E-state index contributed by atoms with van der Waals surface area (Å²) < 4.78 is 38.5. The normalized spacial score (nSPS) is 15.9. The first-order chi connectivity index (χ1) is 11.4. The van der Waals surface area contributed by atoms with Crippen LogP contribution in [0.5, 0.6) is 0 Å². The van der Waals surface area contributed by atoms with E-state index in [4.69, 9.17) is 0 Å². The second-order valence-electron chi connectivity index (χ2n) is 5.38. The van der Waals surface area contributed by atoms with E-state index >= 15 is 0 Å². The number of benzene rings is 1. The quantitative estimate of drug-likeness (QED) is 0.859. The summed E-state index contributed by atoms with van der Waals surface area (Å²) >= 11 is 0. The summed E-state index contributed by atoms with van der Waals surface area (Å²) in [5.74, 6) is -2.18. The topological polar surface area (TPSA) is 34.5 Å². The molecule has 3 rings (SSSR count). The summed E-state index contributed by atoms with van der Waals surface area (Å²) in [6, 6.07) is 11.8. The molecule has 0 radical (unpaired) electrons. The molecule has 1 aliphatic heterocycles. The van der Waals surface area contributed by atoms with Crippen LogP contribution in [0.4, 0.5) is 13.2 Å². The van der Waals surface area contributed by atoms with Crippen LogP contribution in [-0.2, 0) is 9.63 Å². The van der Waals surface area contributed by atoms with Crippen LogP contribution in [0.3, 0.4) is 0 Å². The Balaban J connectivity index is 1.64. The minimum absolute atomic E-state index is 0.135. The number of nitrogens with zero attached hydrogens (tertiary/aromatic N) is 2. The molecule has 0 unspecified atom stereocenters. The fraction of sp³-hybridized carbons (Fsp3) is 0.235. The largest absolute Gasteiger partial charge is 0.492 e. The predicted octanol–water partition coefficient (Wildman–Crippen LogP) is 3.59. The fourth-order valence-electron chi connectivity index (χ4n) is 2.52. The molecule has 0 spiro atoms. The van der Waals surface area contributed by atoms with E-state index in [0.29, 0.717) is 6.42 Å². The maximum Gasteiger partial charge on any atom is 0.492 e. The Morgan fingerprint density at radius 1 is 1.08 bits per heavy atom. The van der Waals surface area contributed by atoms with Crippen molar-refractivity contribution in [3.8, 4) is 5.69 Å². The number of alkyl halides is 3. The van der Waals surface area contributed by atoms with Gasteiger partial charge < -0.3 is 9.40 Å². The Morgan fingerprint density at radius 2 is 1.75 bits per heavy atom. The number of aromatic nitrogens is 1. The average Bonchev–Trinajstić information content (AvgIpc) is 3.09. The smallest absolute Gasteiger partial charge is 0.360 e. The van der Waals surface area contributed by atoms with Gasteiger partial charge in [0.1, 0.15) is 0 Å². The predicted molar refractivity (Wildman–Crippen MR) is 82.1 cm³/mol. The van der Waals surface area contributed by atoms with Crippen molar-refractivity contribution in [1.82, 2.24) is 9.63 Å². The molecular formula is C17H15F3N2O2. The highest BCUT2D eigenvalue weighted by Gasteiger charge is 2.42. The Kier molecular flexibility index (Phi) is 4.44. The molecule has 0 saturated carbocycles. The lowest BCUT2D eigenvalue weighted by atomic mass is 10.00. The average molecular weight is 336 g/mol. The number of rotatable bonds is 3. The van der Waals surface area contributed by atoms with Gasteiger partial charge in [-0.3, -0.25) is 0 Å². The van der Waals surface area contributed by atoms with Gasteiger partial charge in [-0.1, -0.05) is 18.2 Å². The highest BCUT2D eigenvalue weighted by Crippen LogP contribution is 2.25. The first-order valence-corrected chi connectivity index (χ1v) is 7.40. The zero-order chi connectivity index (χ0) is 17.2. The lowest BCUT2D eigenvalue weighted by molar-refractivity contribution is -0.237. The number of hydrogen-bond acceptors (Lipinski definition) is 3. The van der Waals surface area contributed by atoms with Crippen molar-refractivity contribution < 1.29 is 22.8 Å². The van der Waals surface area contributed by atoms with Gasteiger partial charge in [0, 0.05) is 24.6 Å². The van der Waals surface area contributed by atoms with E-state index < -0.39 is 12.1 Å². The zero-order valence-electron chi connectivity index (χ0n) is 12.7. The molecule has 1 aromatic carbocycles. The van der Waals surface area contributed by atoms with Crippen LogP contribution in [-0.4, -0.2) is 34.9 Å². The summed E-state index contributed by atoms with van der Waals surface area (Å²) in [5.41, 5.74) is 3.06. The van der Waals surface area contributed by atoms with Gasteiger partial charge >= 0.3 is 12.1 Å². The monoisotopic (exact) mass is 336 g/mol. The van der Waals surface area contributed by atoms with Gasteiger partial charge in [-0.25, -0.2) is 4.79 Å². The SMILES string of the molecule is O=C(ON1CC=C(c2ccc(-n3cccc3)cc2)CC1)C(F)(F)F. The maximum absolute atomic E-state index is 12.2. The van der Waals surface area contributed by atoms with E-state index in [-0.39, 0.29) is 13.1 Å². The molecule has 2 aromatic rings. The Labute approximate surface area is 136 Å². The minimum Gasteiger partial charge on any atom is -0.360 e. The molecule has 4 nitrogen and oxygen atoms in total. The molecule has 0 atom stereocenters. The molecule has 0 N–H and O–H groups in total. The van der Waals surface area contributed by atoms with Crippen LogP contribution in [0.2, 0.25) is 0 Å². The maximum atomic E-state index is 12.2. The lowest BCUT2D eigenvalue weighted by Crippen LogP contribution is -2.37. The van der Waals surface area contributed by atoms with E-state index in [2.05, 4.69) is 4.84 Å². The summed E-state index contributed by atoms with van der Waals surface area (Å²) in [4.78, 5) is 15.2. The molecule has 0 aliphatic carbocycles. The molecule has 2 heterocycles. The molecule has 7 heteroatoms. The molecular weight excluding hydrogens is 321 g/mol. The number of hydrogen-bond donors (Lipinski definition) is 0. The zero-order valence-corrected chi connectivity index (χ0v) is 12.7. The van der Waals surface area contributed by atoms with Crippen LogP contribution >= 0.6 is 0 Å². The van der Waals surface area contributed by atoms with Gasteiger partial charge in [0.05, 0.1) is 6.54 Å². The fourth-order valence-corrected chi connectivity index (χ4v) is 2.52. The summed E-state index contributed by atoms with van der Waals surface area (Å²) in [5, 5.41) is 1.02. The van der Waals surface area contributed by atoms with Crippen LogP contribution in [0.15, 0.2) is 54.9 Å². The van der Waals surface area contributed by atoms with Crippen molar-refractivity contribution >= 4 is 11.5 Å². The highest BCUT2D eigenvalue weighted by atomic mass is 19.4. The third-order valence-electron chi connectivity index (χ3n) is 3.76. The van der Waals surface area contributed by atoms with Gasteiger partial charge in [-0.2, -0.15) is 13.2 Å². The molecule has 0 bridgehead atoms. The van der Waals surface area contributed by atoms with Crippen LogP contribution in [0.25, 0.3) is 11.3 Å². The lowest BCUT2D eigenvalue weighted by Gasteiger charge is -2.25. The van der Waals surface area contributed by atoms with E-state index in [1.54, 1.807) is 6.08 Å². The standard InChI is InChI=1S/C17H15F3N2O2/c18-17(19,20)16(23)24-22-11-7-14(8-12-22)13-3-5-15(6-4-13)21-9-1-2-10-21/h1-7,9-10H,8,11-12H2. The van der Waals surface area contributed by atoms with Gasteiger partial charge in [0.25, 0.3) is 0 Å². The van der Waals surface area contributed by atoms with Crippen LogP contribution in [0, 0.1) is 0 Å². The van der Waals surface area contributed by atoms with E-state index in [0.717, 1.165) is 21.9 Å². The van der Waals surface area contributed by atoms with E-state index in [9.17, 15) is 18.0 Å². The van der Waals surface area contributed by atoms with E-state index in [1.807, 2.05) is 53.4 Å². The van der Waals surface area contributed by atoms with Gasteiger partial charge in [0.15, 0.2) is 0 Å². The Morgan fingerprint density at radius 3 is 2.29 bits per heavy atom. The van der Waals surface area contributed by atoms with Crippen molar-refractivity contribution in [2.75, 3.05) is 13.1 Å². The number of carbonyl (C=O) groups is 1. The van der Waals surface area contributed by atoms with Crippen molar-refractivity contribution in [1.29, 1.82) is 0 Å². The molecule has 0 fully saturated rings. The summed E-state index contributed by atoms with van der Waals surface area (Å²) in [6.45, 7) is 0.365. The van der Waals surface area contributed by atoms with Crippen molar-refractivity contribution in [3.05, 3.63) is 60.4 Å². The Bertz CT molecular complexity index is 734. The Hall–Kier alpha value is -2.54. The molecule has 126 valence electrons. The van der Waals surface area contributed by atoms with Crippen molar-refractivity contribution in [3.63, 3.8) is 0 Å². The van der Waals surface area contributed by atoms with Crippen molar-refractivity contribution in [2.45, 2.75) is 12.6 Å². The second-order valence-corrected chi connectivity index (χ2v) is 5.38. The molecule has 0 amide bonds. The van der Waals surface area contributed by atoms with E-state index in [1.165, 1.54) is 0 Å². The van der Waals surface area contributed by atoms with Crippen LogP contribution < -0.4 is 0 Å². The van der Waals surface area contributed by atoms with Gasteiger partial charge in [-0.15, -0.1) is 5.06 Å². The van der Waals surface area contributed by atoms with Crippen LogP contribution in [0.1, 0.15) is 12.0 Å².